The van der Waals surface area contributed by atoms with E-state index in [1.165, 1.54) is 12.1 Å². The summed E-state index contributed by atoms with van der Waals surface area (Å²) in [4.78, 5) is 30.3. The van der Waals surface area contributed by atoms with E-state index in [0.29, 0.717) is 31.7 Å². The molecule has 5 heterocycles. The van der Waals surface area contributed by atoms with Crippen molar-refractivity contribution < 1.29 is 18.3 Å². The number of benzene rings is 2. The molecule has 1 amide bonds. The molecular weight excluding hydrogens is 576 g/mol. The van der Waals surface area contributed by atoms with Gasteiger partial charge in [0, 0.05) is 70.3 Å². The number of piperazine rings is 1. The Kier molecular flexibility index (Phi) is 8.62. The van der Waals surface area contributed by atoms with Crippen LogP contribution < -0.4 is 15.1 Å². The fourth-order valence-corrected chi connectivity index (χ4v) is 6.95. The van der Waals surface area contributed by atoms with Gasteiger partial charge in [-0.3, -0.25) is 9.69 Å². The number of amides is 1. The summed E-state index contributed by atoms with van der Waals surface area (Å²) in [5.41, 5.74) is 6.40. The summed E-state index contributed by atoms with van der Waals surface area (Å²) in [6.07, 6.45) is 5.17. The number of nitrogens with one attached hydrogen (secondary N) is 1. The minimum absolute atomic E-state index is 0.0980. The maximum absolute atomic E-state index is 13.9. The molecule has 236 valence electrons. The number of fused-ring (bicyclic) bond motifs is 3. The minimum Gasteiger partial charge on any atom is -0.378 e. The Balaban J connectivity index is 1.08. The highest BCUT2D eigenvalue weighted by Crippen LogP contribution is 2.35. The van der Waals surface area contributed by atoms with E-state index in [9.17, 15) is 13.6 Å². The molecule has 3 aliphatic heterocycles. The second-order valence-electron chi connectivity index (χ2n) is 12.1. The van der Waals surface area contributed by atoms with Crippen LogP contribution in [0.3, 0.4) is 0 Å². The summed E-state index contributed by atoms with van der Waals surface area (Å²) in [6.45, 7) is 8.37. The number of carbonyl (C=O) groups is 1. The number of aromatic nitrogens is 3. The van der Waals surface area contributed by atoms with E-state index in [1.54, 1.807) is 12.4 Å². The molecule has 1 N–H and O–H groups in total. The van der Waals surface area contributed by atoms with Crippen LogP contribution in [0.15, 0.2) is 48.8 Å². The van der Waals surface area contributed by atoms with Gasteiger partial charge in [0.15, 0.2) is 17.5 Å². The second-order valence-corrected chi connectivity index (χ2v) is 12.1. The maximum Gasteiger partial charge on any atom is 0.255 e. The van der Waals surface area contributed by atoms with Gasteiger partial charge in [-0.15, -0.1) is 0 Å². The van der Waals surface area contributed by atoms with E-state index in [2.05, 4.69) is 36.7 Å². The monoisotopic (exact) mass is 615 g/mol. The first-order valence-electron chi connectivity index (χ1n) is 16.0. The zero-order valence-corrected chi connectivity index (χ0v) is 25.5. The SMILES string of the molecule is O=C(NCc1ccccc1N1CCOCC1)c1c2n(c3c(N4CCN(CCc5ccc(F)c(F)c5)CC4)ncnc13)CCCC2. The van der Waals surface area contributed by atoms with Gasteiger partial charge in [-0.25, -0.2) is 18.7 Å². The van der Waals surface area contributed by atoms with Crippen LogP contribution in [0.25, 0.3) is 11.0 Å². The van der Waals surface area contributed by atoms with Gasteiger partial charge in [-0.1, -0.05) is 24.3 Å². The van der Waals surface area contributed by atoms with Crippen molar-refractivity contribution in [3.63, 3.8) is 0 Å². The number of para-hydroxylation sites is 1. The minimum atomic E-state index is -0.814. The highest BCUT2D eigenvalue weighted by Gasteiger charge is 2.30. The molecule has 4 aromatic rings. The van der Waals surface area contributed by atoms with Crippen LogP contribution in [0.4, 0.5) is 20.3 Å². The molecule has 0 aliphatic carbocycles. The molecule has 45 heavy (non-hydrogen) atoms. The first-order valence-corrected chi connectivity index (χ1v) is 16.0. The van der Waals surface area contributed by atoms with Crippen molar-refractivity contribution >= 4 is 28.4 Å². The molecule has 3 aliphatic rings. The fraction of sp³-hybridized carbons (Fsp3) is 0.441. The quantitative estimate of drug-likeness (QED) is 0.319. The highest BCUT2D eigenvalue weighted by molar-refractivity contribution is 6.09. The average molecular weight is 616 g/mol. The lowest BCUT2D eigenvalue weighted by Crippen LogP contribution is -2.47. The largest absolute Gasteiger partial charge is 0.378 e. The Morgan fingerprint density at radius 2 is 1.71 bits per heavy atom. The molecule has 0 bridgehead atoms. The number of carbonyl (C=O) groups excluding carboxylic acids is 1. The Morgan fingerprint density at radius 1 is 0.889 bits per heavy atom. The first-order chi connectivity index (χ1) is 22.1. The van der Waals surface area contributed by atoms with Crippen molar-refractivity contribution in [1.82, 2.24) is 24.8 Å². The Morgan fingerprint density at radius 3 is 2.53 bits per heavy atom. The molecule has 0 saturated carbocycles. The number of ether oxygens (including phenoxy) is 1. The molecule has 11 heteroatoms. The van der Waals surface area contributed by atoms with Crippen molar-refractivity contribution in [1.29, 1.82) is 0 Å². The van der Waals surface area contributed by atoms with Crippen LogP contribution in [0.5, 0.6) is 0 Å². The third kappa shape index (κ3) is 6.11. The summed E-state index contributed by atoms with van der Waals surface area (Å²) < 4.78 is 34.8. The van der Waals surface area contributed by atoms with Gasteiger partial charge in [0.25, 0.3) is 5.91 Å². The zero-order chi connectivity index (χ0) is 30.8. The van der Waals surface area contributed by atoms with Gasteiger partial charge in [0.05, 0.1) is 18.8 Å². The topological polar surface area (TPSA) is 78.8 Å². The summed E-state index contributed by atoms with van der Waals surface area (Å²) >= 11 is 0. The summed E-state index contributed by atoms with van der Waals surface area (Å²) in [7, 11) is 0. The normalized spacial score (nSPS) is 17.5. The maximum atomic E-state index is 13.9. The van der Waals surface area contributed by atoms with E-state index in [0.717, 1.165) is 111 Å². The van der Waals surface area contributed by atoms with Crippen molar-refractivity contribution in [3.05, 3.63) is 82.8 Å². The average Bonchev–Trinajstić information content (AvgIpc) is 3.43. The molecule has 0 atom stereocenters. The van der Waals surface area contributed by atoms with Gasteiger partial charge in [-0.05, 0) is 55.0 Å². The van der Waals surface area contributed by atoms with Crippen molar-refractivity contribution in [2.45, 2.75) is 38.8 Å². The van der Waals surface area contributed by atoms with E-state index < -0.39 is 11.6 Å². The smallest absolute Gasteiger partial charge is 0.255 e. The molecule has 0 unspecified atom stereocenters. The van der Waals surface area contributed by atoms with E-state index in [4.69, 9.17) is 14.7 Å². The van der Waals surface area contributed by atoms with Gasteiger partial charge in [0.1, 0.15) is 17.4 Å². The number of hydrogen-bond acceptors (Lipinski definition) is 7. The molecule has 2 aromatic heterocycles. The number of aryl methyl sites for hydroxylation is 1. The first kappa shape index (κ1) is 29.6. The number of rotatable bonds is 8. The number of anilines is 2. The third-order valence-electron chi connectivity index (χ3n) is 9.35. The molecule has 2 aromatic carbocycles. The number of nitrogens with zero attached hydrogens (tertiary/aromatic N) is 6. The predicted molar refractivity (Wildman–Crippen MR) is 170 cm³/mol. The number of halogens is 2. The van der Waals surface area contributed by atoms with Crippen LogP contribution in [0.1, 0.15) is 40.0 Å². The van der Waals surface area contributed by atoms with Gasteiger partial charge in [0.2, 0.25) is 0 Å². The molecule has 7 rings (SSSR count). The molecule has 9 nitrogen and oxygen atoms in total. The lowest BCUT2D eigenvalue weighted by molar-refractivity contribution is 0.0950. The van der Waals surface area contributed by atoms with Crippen LogP contribution in [0.2, 0.25) is 0 Å². The Bertz CT molecular complexity index is 1680. The highest BCUT2D eigenvalue weighted by atomic mass is 19.2. The van der Waals surface area contributed by atoms with Crippen molar-refractivity contribution in [3.8, 4) is 0 Å². The molecule has 2 fully saturated rings. The number of morpholine rings is 1. The lowest BCUT2D eigenvalue weighted by Gasteiger charge is -2.35. The molecule has 0 radical (unpaired) electrons. The van der Waals surface area contributed by atoms with Gasteiger partial charge < -0.3 is 24.4 Å². The fourth-order valence-electron chi connectivity index (χ4n) is 6.95. The molecular formula is C34H39F2N7O2. The number of hydrogen-bond donors (Lipinski definition) is 1. The van der Waals surface area contributed by atoms with E-state index in [1.807, 2.05) is 12.1 Å². The van der Waals surface area contributed by atoms with Crippen molar-refractivity contribution in [2.24, 2.45) is 0 Å². The standard InChI is InChI=1S/C34H39F2N7O2/c35-26-9-8-24(21-27(26)36)10-12-40-13-15-42(16-14-40)33-32-31(38-23-39-33)30(29-7-3-4-11-43(29)32)34(44)37-22-25-5-1-2-6-28(25)41-17-19-45-20-18-41/h1-2,5-6,8-9,21,23H,3-4,7,10-20,22H2,(H,37,44). The molecule has 2 saturated heterocycles. The predicted octanol–water partition coefficient (Wildman–Crippen LogP) is 4.18. The lowest BCUT2D eigenvalue weighted by atomic mass is 10.1. The second kappa shape index (κ2) is 13.1. The van der Waals surface area contributed by atoms with Gasteiger partial charge in [-0.2, -0.15) is 0 Å². The van der Waals surface area contributed by atoms with Gasteiger partial charge >= 0.3 is 0 Å². The summed E-state index contributed by atoms with van der Waals surface area (Å²) in [5, 5.41) is 3.23. The third-order valence-corrected chi connectivity index (χ3v) is 9.35. The zero-order valence-electron chi connectivity index (χ0n) is 25.5. The van der Waals surface area contributed by atoms with Crippen molar-refractivity contribution in [2.75, 3.05) is 68.8 Å². The van der Waals surface area contributed by atoms with E-state index in [-0.39, 0.29) is 5.91 Å². The van der Waals surface area contributed by atoms with Crippen LogP contribution in [-0.2, 0) is 30.7 Å². The van der Waals surface area contributed by atoms with Crippen LogP contribution >= 0.6 is 0 Å². The summed E-state index contributed by atoms with van der Waals surface area (Å²) in [6, 6.07) is 12.4. The molecule has 0 spiro atoms. The van der Waals surface area contributed by atoms with E-state index >= 15 is 0 Å². The Labute approximate surface area is 261 Å². The Hall–Kier alpha value is -4.09. The summed E-state index contributed by atoms with van der Waals surface area (Å²) in [5.74, 6) is -0.837. The van der Waals surface area contributed by atoms with Crippen LogP contribution in [0, 0.1) is 11.6 Å². The van der Waals surface area contributed by atoms with Crippen LogP contribution in [-0.4, -0.2) is 84.4 Å².